The zero-order valence-corrected chi connectivity index (χ0v) is 10.6. The molecule has 0 radical (unpaired) electrons. The molecular formula is C10H7ClFNO4S. The SMILES string of the molecule is CN1C(C(=O)O)=C(Cl)c2cc(F)ccc2S1(=O)=O. The molecule has 96 valence electrons. The largest absolute Gasteiger partial charge is 0.477 e. The van der Waals surface area contributed by atoms with Gasteiger partial charge in [0, 0.05) is 12.6 Å². The summed E-state index contributed by atoms with van der Waals surface area (Å²) in [4.78, 5) is 10.8. The summed E-state index contributed by atoms with van der Waals surface area (Å²) in [6.07, 6.45) is 0. The molecule has 1 aromatic carbocycles. The van der Waals surface area contributed by atoms with Crippen LogP contribution in [0.15, 0.2) is 28.8 Å². The number of aliphatic carboxylic acids is 1. The lowest BCUT2D eigenvalue weighted by Crippen LogP contribution is -2.34. The van der Waals surface area contributed by atoms with Crippen LogP contribution in [-0.4, -0.2) is 30.8 Å². The first-order chi connectivity index (χ1) is 8.26. The van der Waals surface area contributed by atoms with Crippen molar-refractivity contribution in [2.24, 2.45) is 0 Å². The Kier molecular flexibility index (Phi) is 2.83. The van der Waals surface area contributed by atoms with Crippen LogP contribution in [0.25, 0.3) is 5.03 Å². The third kappa shape index (κ3) is 1.67. The molecule has 0 saturated heterocycles. The van der Waals surface area contributed by atoms with Crippen LogP contribution >= 0.6 is 11.6 Å². The summed E-state index contributed by atoms with van der Waals surface area (Å²) in [5.74, 6) is -2.20. The summed E-state index contributed by atoms with van der Waals surface area (Å²) in [7, 11) is -2.94. The van der Waals surface area contributed by atoms with E-state index in [0.29, 0.717) is 4.31 Å². The van der Waals surface area contributed by atoms with Crippen molar-refractivity contribution in [1.82, 2.24) is 4.31 Å². The highest BCUT2D eigenvalue weighted by Crippen LogP contribution is 2.38. The van der Waals surface area contributed by atoms with Crippen LogP contribution < -0.4 is 0 Å². The lowest BCUT2D eigenvalue weighted by molar-refractivity contribution is -0.133. The lowest BCUT2D eigenvalue weighted by Gasteiger charge is -2.27. The Morgan fingerprint density at radius 1 is 1.44 bits per heavy atom. The summed E-state index contributed by atoms with van der Waals surface area (Å²) >= 11 is 5.83. The van der Waals surface area contributed by atoms with Gasteiger partial charge in [0.05, 0.1) is 9.93 Å². The monoisotopic (exact) mass is 291 g/mol. The van der Waals surface area contributed by atoms with Gasteiger partial charge >= 0.3 is 5.97 Å². The number of sulfonamides is 1. The average Bonchev–Trinajstić information content (AvgIpc) is 2.26. The van der Waals surface area contributed by atoms with Crippen LogP contribution in [0.1, 0.15) is 5.56 Å². The molecule has 0 atom stereocenters. The zero-order chi connectivity index (χ0) is 13.7. The number of likely N-dealkylation sites (N-methyl/N-ethyl adjacent to an activating group) is 1. The highest BCUT2D eigenvalue weighted by Gasteiger charge is 2.37. The summed E-state index contributed by atoms with van der Waals surface area (Å²) in [5, 5.41) is 8.65. The Bertz CT molecular complexity index is 683. The average molecular weight is 292 g/mol. The number of fused-ring (bicyclic) bond motifs is 1. The maximum atomic E-state index is 13.1. The first-order valence-electron chi connectivity index (χ1n) is 4.68. The predicted octanol–water partition coefficient (Wildman–Crippen LogP) is 1.45. The number of rotatable bonds is 1. The zero-order valence-electron chi connectivity index (χ0n) is 9.02. The highest BCUT2D eigenvalue weighted by atomic mass is 35.5. The molecule has 2 rings (SSSR count). The van der Waals surface area contributed by atoms with E-state index in [1.165, 1.54) is 0 Å². The van der Waals surface area contributed by atoms with Gasteiger partial charge in [0.25, 0.3) is 10.0 Å². The quantitative estimate of drug-likeness (QED) is 0.850. The number of nitrogens with zero attached hydrogens (tertiary/aromatic N) is 1. The smallest absolute Gasteiger partial charge is 0.354 e. The van der Waals surface area contributed by atoms with Crippen LogP contribution in [0.4, 0.5) is 4.39 Å². The molecule has 1 heterocycles. The minimum absolute atomic E-state index is 0.146. The Morgan fingerprint density at radius 3 is 2.61 bits per heavy atom. The maximum Gasteiger partial charge on any atom is 0.354 e. The number of hydrogen-bond donors (Lipinski definition) is 1. The van der Waals surface area contributed by atoms with E-state index in [9.17, 15) is 17.6 Å². The van der Waals surface area contributed by atoms with Crippen molar-refractivity contribution in [3.8, 4) is 0 Å². The van der Waals surface area contributed by atoms with Gasteiger partial charge in [0.15, 0.2) is 5.70 Å². The molecule has 0 aromatic heterocycles. The van der Waals surface area contributed by atoms with Crippen LogP contribution in [0.2, 0.25) is 0 Å². The van der Waals surface area contributed by atoms with Gasteiger partial charge in [0.1, 0.15) is 5.82 Å². The van der Waals surface area contributed by atoms with E-state index >= 15 is 0 Å². The molecule has 1 aliphatic heterocycles. The van der Waals surface area contributed by atoms with Crippen molar-refractivity contribution < 1.29 is 22.7 Å². The van der Waals surface area contributed by atoms with Crippen LogP contribution in [-0.2, 0) is 14.8 Å². The minimum atomic E-state index is -4.02. The standard InChI is InChI=1S/C10H7ClFNO4S/c1-13-9(10(14)15)8(11)6-4-5(12)2-3-7(6)18(13,16)17/h2-4H,1H3,(H,14,15). The van der Waals surface area contributed by atoms with Crippen LogP contribution in [0, 0.1) is 5.82 Å². The van der Waals surface area contributed by atoms with Crippen molar-refractivity contribution in [3.63, 3.8) is 0 Å². The molecule has 18 heavy (non-hydrogen) atoms. The molecule has 0 saturated carbocycles. The molecule has 5 nitrogen and oxygen atoms in total. The van der Waals surface area contributed by atoms with Crippen molar-refractivity contribution in [2.75, 3.05) is 7.05 Å². The Balaban J connectivity index is 2.89. The van der Waals surface area contributed by atoms with Crippen LogP contribution in [0.5, 0.6) is 0 Å². The van der Waals surface area contributed by atoms with E-state index in [1.54, 1.807) is 0 Å². The topological polar surface area (TPSA) is 74.7 Å². The number of halogens is 2. The predicted molar refractivity (Wildman–Crippen MR) is 61.8 cm³/mol. The minimum Gasteiger partial charge on any atom is -0.477 e. The molecule has 1 aliphatic rings. The summed E-state index contributed by atoms with van der Waals surface area (Å²) in [5.41, 5.74) is -0.748. The molecule has 0 amide bonds. The second kappa shape index (κ2) is 3.96. The Morgan fingerprint density at radius 2 is 2.06 bits per heavy atom. The first-order valence-corrected chi connectivity index (χ1v) is 6.50. The van der Waals surface area contributed by atoms with E-state index in [-0.39, 0.29) is 15.5 Å². The van der Waals surface area contributed by atoms with Gasteiger partial charge in [0.2, 0.25) is 0 Å². The third-order valence-electron chi connectivity index (χ3n) is 2.54. The van der Waals surface area contributed by atoms with E-state index in [0.717, 1.165) is 25.2 Å². The number of benzene rings is 1. The van der Waals surface area contributed by atoms with Crippen molar-refractivity contribution in [1.29, 1.82) is 0 Å². The van der Waals surface area contributed by atoms with Crippen molar-refractivity contribution in [2.45, 2.75) is 4.90 Å². The number of carboxylic acid groups (broad SMARTS) is 1. The summed E-state index contributed by atoms with van der Waals surface area (Å²) in [6.45, 7) is 0. The van der Waals surface area contributed by atoms with Crippen LogP contribution in [0.3, 0.4) is 0 Å². The molecule has 0 unspecified atom stereocenters. The normalized spacial score (nSPS) is 17.6. The van der Waals surface area contributed by atoms with Gasteiger partial charge in [-0.05, 0) is 18.2 Å². The molecule has 0 fully saturated rings. The summed E-state index contributed by atoms with van der Waals surface area (Å²) < 4.78 is 37.7. The van der Waals surface area contributed by atoms with Crippen molar-refractivity contribution in [3.05, 3.63) is 35.3 Å². The first kappa shape index (κ1) is 12.8. The fourth-order valence-corrected chi connectivity index (χ4v) is 3.51. The van der Waals surface area contributed by atoms with E-state index in [2.05, 4.69) is 0 Å². The van der Waals surface area contributed by atoms with Gasteiger partial charge in [-0.15, -0.1) is 0 Å². The molecule has 8 heteroatoms. The van der Waals surface area contributed by atoms with Gasteiger partial charge in [-0.2, -0.15) is 0 Å². The molecule has 1 N–H and O–H groups in total. The van der Waals surface area contributed by atoms with Gasteiger partial charge in [-0.25, -0.2) is 17.6 Å². The summed E-state index contributed by atoms with van der Waals surface area (Å²) in [6, 6.07) is 2.92. The Hall–Kier alpha value is -1.60. The fourth-order valence-electron chi connectivity index (χ4n) is 1.66. The number of carboxylic acids is 1. The second-order valence-corrected chi connectivity index (χ2v) is 5.90. The van der Waals surface area contributed by atoms with Gasteiger partial charge in [-0.3, -0.25) is 4.31 Å². The van der Waals surface area contributed by atoms with E-state index < -0.39 is 27.5 Å². The highest BCUT2D eigenvalue weighted by molar-refractivity contribution is 7.89. The molecule has 1 aromatic rings. The third-order valence-corrected chi connectivity index (χ3v) is 4.74. The lowest BCUT2D eigenvalue weighted by atomic mass is 10.1. The molecule has 0 bridgehead atoms. The van der Waals surface area contributed by atoms with E-state index in [4.69, 9.17) is 16.7 Å². The number of carbonyl (C=O) groups is 1. The fraction of sp³-hybridized carbons (Fsp3) is 0.100. The Labute approximate surface area is 107 Å². The van der Waals surface area contributed by atoms with E-state index in [1.807, 2.05) is 0 Å². The molecule has 0 aliphatic carbocycles. The molecular weight excluding hydrogens is 285 g/mol. The van der Waals surface area contributed by atoms with Gasteiger partial charge < -0.3 is 5.11 Å². The molecule has 0 spiro atoms. The second-order valence-electron chi connectivity index (χ2n) is 3.58. The number of hydrogen-bond acceptors (Lipinski definition) is 3. The van der Waals surface area contributed by atoms with Gasteiger partial charge in [-0.1, -0.05) is 11.6 Å². The van der Waals surface area contributed by atoms with Crippen molar-refractivity contribution >= 4 is 32.6 Å². The maximum absolute atomic E-state index is 13.1.